The number of hydrogen-bond acceptors (Lipinski definition) is 2. The van der Waals surface area contributed by atoms with Gasteiger partial charge in [-0.1, -0.05) is 20.3 Å². The predicted octanol–water partition coefficient (Wildman–Crippen LogP) is 2.41. The number of rotatable bonds is 5. The Bertz CT molecular complexity index is 235. The molecule has 0 heterocycles. The number of hydrogen-bond donors (Lipinski definition) is 2. The second-order valence-corrected chi connectivity index (χ2v) is 6.52. The predicted molar refractivity (Wildman–Crippen MR) is 67.0 cm³/mol. The quantitative estimate of drug-likeness (QED) is 0.755. The van der Waals surface area contributed by atoms with E-state index in [0.717, 1.165) is 24.2 Å². The van der Waals surface area contributed by atoms with Crippen molar-refractivity contribution in [3.8, 4) is 0 Å². The van der Waals surface area contributed by atoms with Crippen LogP contribution in [0.3, 0.4) is 0 Å². The van der Waals surface area contributed by atoms with Gasteiger partial charge in [-0.2, -0.15) is 0 Å². The molecular formula is C14H27NO. The minimum absolute atomic E-state index is 0.0187. The van der Waals surface area contributed by atoms with Crippen LogP contribution in [0.2, 0.25) is 0 Å². The summed E-state index contributed by atoms with van der Waals surface area (Å²) in [6, 6.07) is 0. The highest BCUT2D eigenvalue weighted by Gasteiger charge is 2.44. The monoisotopic (exact) mass is 225 g/mol. The van der Waals surface area contributed by atoms with Gasteiger partial charge in [-0.15, -0.1) is 0 Å². The molecule has 0 saturated heterocycles. The van der Waals surface area contributed by atoms with E-state index in [1.165, 1.54) is 25.7 Å². The fraction of sp³-hybridized carbons (Fsp3) is 1.00. The minimum atomic E-state index is -0.0187. The van der Waals surface area contributed by atoms with E-state index in [0.29, 0.717) is 12.5 Å². The second-order valence-electron chi connectivity index (χ2n) is 6.52. The highest BCUT2D eigenvalue weighted by Crippen LogP contribution is 2.52. The molecule has 2 fully saturated rings. The molecule has 0 aromatic carbocycles. The molecule has 0 aliphatic heterocycles. The first kappa shape index (κ1) is 12.4. The zero-order valence-electron chi connectivity index (χ0n) is 10.8. The molecule has 2 aliphatic carbocycles. The zero-order chi connectivity index (χ0) is 11.8. The maximum atomic E-state index is 9.70. The molecule has 0 aromatic heterocycles. The Morgan fingerprint density at radius 1 is 1.31 bits per heavy atom. The van der Waals surface area contributed by atoms with Crippen molar-refractivity contribution in [2.75, 3.05) is 13.2 Å². The third-order valence-corrected chi connectivity index (χ3v) is 5.50. The summed E-state index contributed by atoms with van der Waals surface area (Å²) >= 11 is 0. The first-order chi connectivity index (χ1) is 7.61. The lowest BCUT2D eigenvalue weighted by Gasteiger charge is -2.39. The molecule has 2 heteroatoms. The molecule has 2 saturated carbocycles. The molecule has 4 atom stereocenters. The van der Waals surface area contributed by atoms with Crippen molar-refractivity contribution in [2.24, 2.45) is 34.8 Å². The van der Waals surface area contributed by atoms with Gasteiger partial charge < -0.3 is 10.8 Å². The summed E-state index contributed by atoms with van der Waals surface area (Å²) in [7, 11) is 0. The van der Waals surface area contributed by atoms with Gasteiger partial charge in [-0.3, -0.25) is 0 Å². The fourth-order valence-corrected chi connectivity index (χ4v) is 4.02. The van der Waals surface area contributed by atoms with Crippen LogP contribution in [-0.2, 0) is 0 Å². The Labute approximate surface area is 99.6 Å². The lowest BCUT2D eigenvalue weighted by atomic mass is 9.68. The summed E-state index contributed by atoms with van der Waals surface area (Å²) < 4.78 is 0. The SMILES string of the molecule is CC(C)C(CN)(CO)CC1CC2CCC1C2. The topological polar surface area (TPSA) is 46.2 Å². The van der Waals surface area contributed by atoms with E-state index in [-0.39, 0.29) is 12.0 Å². The number of aliphatic hydroxyl groups is 1. The maximum absolute atomic E-state index is 9.70. The molecule has 4 unspecified atom stereocenters. The van der Waals surface area contributed by atoms with Crippen LogP contribution in [0.15, 0.2) is 0 Å². The average Bonchev–Trinajstić information content (AvgIpc) is 2.87. The summed E-state index contributed by atoms with van der Waals surface area (Å²) in [5.41, 5.74) is 5.92. The molecular weight excluding hydrogens is 198 g/mol. The Morgan fingerprint density at radius 2 is 2.06 bits per heavy atom. The maximum Gasteiger partial charge on any atom is 0.0502 e. The largest absolute Gasteiger partial charge is 0.396 e. The average molecular weight is 225 g/mol. The summed E-state index contributed by atoms with van der Waals surface area (Å²) in [5.74, 6) is 3.27. The molecule has 2 bridgehead atoms. The molecule has 94 valence electrons. The molecule has 0 radical (unpaired) electrons. The van der Waals surface area contributed by atoms with E-state index < -0.39 is 0 Å². The van der Waals surface area contributed by atoms with Gasteiger partial charge in [0.15, 0.2) is 0 Å². The summed E-state index contributed by atoms with van der Waals surface area (Å²) in [5, 5.41) is 9.70. The molecule has 0 aromatic rings. The number of fused-ring (bicyclic) bond motifs is 2. The fourth-order valence-electron chi connectivity index (χ4n) is 4.02. The van der Waals surface area contributed by atoms with Crippen molar-refractivity contribution in [1.82, 2.24) is 0 Å². The van der Waals surface area contributed by atoms with Crippen LogP contribution in [0.25, 0.3) is 0 Å². The Kier molecular flexibility index (Phi) is 3.60. The van der Waals surface area contributed by atoms with Crippen molar-refractivity contribution in [1.29, 1.82) is 0 Å². The number of nitrogens with two attached hydrogens (primary N) is 1. The minimum Gasteiger partial charge on any atom is -0.396 e. The van der Waals surface area contributed by atoms with E-state index in [9.17, 15) is 5.11 Å². The smallest absolute Gasteiger partial charge is 0.0502 e. The Hall–Kier alpha value is -0.0800. The Morgan fingerprint density at radius 3 is 2.44 bits per heavy atom. The third-order valence-electron chi connectivity index (χ3n) is 5.50. The normalized spacial score (nSPS) is 36.9. The van der Waals surface area contributed by atoms with E-state index >= 15 is 0 Å². The van der Waals surface area contributed by atoms with Gasteiger partial charge in [0.2, 0.25) is 0 Å². The van der Waals surface area contributed by atoms with Gasteiger partial charge >= 0.3 is 0 Å². The highest BCUT2D eigenvalue weighted by molar-refractivity contribution is 4.95. The van der Waals surface area contributed by atoms with Gasteiger partial charge in [0.05, 0.1) is 6.61 Å². The van der Waals surface area contributed by atoms with Crippen LogP contribution in [0, 0.1) is 29.1 Å². The van der Waals surface area contributed by atoms with Gasteiger partial charge in [0, 0.05) is 12.0 Å². The van der Waals surface area contributed by atoms with Crippen LogP contribution < -0.4 is 5.73 Å². The van der Waals surface area contributed by atoms with Crippen LogP contribution in [0.1, 0.15) is 46.0 Å². The second kappa shape index (κ2) is 4.66. The van der Waals surface area contributed by atoms with Crippen LogP contribution in [-0.4, -0.2) is 18.3 Å². The van der Waals surface area contributed by atoms with Crippen molar-refractivity contribution in [3.63, 3.8) is 0 Å². The lowest BCUT2D eigenvalue weighted by molar-refractivity contribution is 0.0469. The molecule has 0 amide bonds. The van der Waals surface area contributed by atoms with Crippen LogP contribution in [0.4, 0.5) is 0 Å². The van der Waals surface area contributed by atoms with Crippen molar-refractivity contribution in [2.45, 2.75) is 46.0 Å². The summed E-state index contributed by atoms with van der Waals surface area (Å²) in [6.07, 6.45) is 6.89. The lowest BCUT2D eigenvalue weighted by Crippen LogP contribution is -2.41. The van der Waals surface area contributed by atoms with Gasteiger partial charge in [-0.25, -0.2) is 0 Å². The molecule has 2 rings (SSSR count). The van der Waals surface area contributed by atoms with Gasteiger partial charge in [-0.05, 0) is 49.4 Å². The zero-order valence-corrected chi connectivity index (χ0v) is 10.8. The van der Waals surface area contributed by atoms with Crippen LogP contribution in [0.5, 0.6) is 0 Å². The van der Waals surface area contributed by atoms with Gasteiger partial charge in [0.1, 0.15) is 0 Å². The summed E-state index contributed by atoms with van der Waals surface area (Å²) in [4.78, 5) is 0. The van der Waals surface area contributed by atoms with E-state index in [4.69, 9.17) is 5.73 Å². The molecule has 3 N–H and O–H groups in total. The van der Waals surface area contributed by atoms with Gasteiger partial charge in [0.25, 0.3) is 0 Å². The van der Waals surface area contributed by atoms with E-state index in [2.05, 4.69) is 13.8 Å². The van der Waals surface area contributed by atoms with Crippen molar-refractivity contribution in [3.05, 3.63) is 0 Å². The molecule has 16 heavy (non-hydrogen) atoms. The van der Waals surface area contributed by atoms with Crippen LogP contribution >= 0.6 is 0 Å². The van der Waals surface area contributed by atoms with Crippen molar-refractivity contribution >= 4 is 0 Å². The third kappa shape index (κ3) is 2.02. The first-order valence-electron chi connectivity index (χ1n) is 6.92. The molecule has 0 spiro atoms. The summed E-state index contributed by atoms with van der Waals surface area (Å²) in [6.45, 7) is 5.30. The Balaban J connectivity index is 2.01. The molecule has 2 nitrogen and oxygen atoms in total. The standard InChI is InChI=1S/C14H27NO/c1-10(2)14(8-15,9-16)7-13-6-11-3-4-12(13)5-11/h10-13,16H,3-9,15H2,1-2H3. The van der Waals surface area contributed by atoms with E-state index in [1.54, 1.807) is 0 Å². The molecule has 2 aliphatic rings. The van der Waals surface area contributed by atoms with E-state index in [1.807, 2.05) is 0 Å². The highest BCUT2D eigenvalue weighted by atomic mass is 16.3. The number of aliphatic hydroxyl groups excluding tert-OH is 1. The first-order valence-corrected chi connectivity index (χ1v) is 6.92. The van der Waals surface area contributed by atoms with Crippen molar-refractivity contribution < 1.29 is 5.11 Å².